The number of fused-ring (bicyclic) bond motifs is 8. The molecule has 0 fully saturated rings. The lowest BCUT2D eigenvalue weighted by atomic mass is 9.98. The molecule has 62 heavy (non-hydrogen) atoms. The number of nitrogens with zero attached hydrogens (tertiary/aromatic N) is 4. The largest absolute Gasteiger partial charge is 0.344 e. The van der Waals surface area contributed by atoms with Crippen molar-refractivity contribution >= 4 is 50.4 Å². The summed E-state index contributed by atoms with van der Waals surface area (Å²) in [6, 6.07) is 70.0. The van der Waals surface area contributed by atoms with Gasteiger partial charge in [-0.2, -0.15) is 0 Å². The lowest BCUT2D eigenvalue weighted by Gasteiger charge is -2.28. The van der Waals surface area contributed by atoms with E-state index in [4.69, 9.17) is 9.98 Å². The maximum atomic E-state index is 5.11. The maximum Gasteiger partial charge on any atom is 0.159 e. The summed E-state index contributed by atoms with van der Waals surface area (Å²) in [6.45, 7) is 0. The van der Waals surface area contributed by atoms with Crippen molar-refractivity contribution in [1.82, 2.24) is 9.88 Å². The molecule has 3 aliphatic rings. The van der Waals surface area contributed by atoms with Gasteiger partial charge in [-0.1, -0.05) is 158 Å². The molecule has 8 aromatic carbocycles. The highest BCUT2D eigenvalue weighted by Crippen LogP contribution is 2.54. The highest BCUT2D eigenvalue weighted by molar-refractivity contribution is 6.15. The first-order valence-electron chi connectivity index (χ1n) is 21.4. The predicted molar refractivity (Wildman–Crippen MR) is 258 cm³/mol. The number of hydrogen-bond donors (Lipinski definition) is 1. The summed E-state index contributed by atoms with van der Waals surface area (Å²) in [5.74, 6) is 1.56. The fourth-order valence-electron chi connectivity index (χ4n) is 9.49. The Bertz CT molecular complexity index is 3330. The summed E-state index contributed by atoms with van der Waals surface area (Å²) in [5, 5.41) is 7.24. The second kappa shape index (κ2) is 14.9. The number of hydrogen-bond acceptors (Lipinski definition) is 4. The van der Waals surface area contributed by atoms with Crippen LogP contribution in [0.25, 0.3) is 60.9 Å². The minimum atomic E-state index is -0.208. The van der Waals surface area contributed by atoms with Crippen LogP contribution in [-0.2, 0) is 0 Å². The van der Waals surface area contributed by atoms with E-state index < -0.39 is 0 Å². The second-order valence-corrected chi connectivity index (χ2v) is 16.1. The summed E-state index contributed by atoms with van der Waals surface area (Å²) in [7, 11) is 0. The van der Waals surface area contributed by atoms with Crippen molar-refractivity contribution in [3.05, 3.63) is 229 Å². The molecule has 3 heterocycles. The molecule has 1 atom stereocenters. The maximum absolute atomic E-state index is 5.11. The number of benzene rings is 8. The van der Waals surface area contributed by atoms with Crippen LogP contribution in [0.4, 0.5) is 17.1 Å². The minimum Gasteiger partial charge on any atom is -0.344 e. The van der Waals surface area contributed by atoms with E-state index in [1.807, 2.05) is 18.2 Å². The molecular weight excluding hydrogens is 755 g/mol. The Morgan fingerprint density at radius 1 is 0.516 bits per heavy atom. The molecule has 1 unspecified atom stereocenters. The molecule has 1 aromatic heterocycles. The van der Waals surface area contributed by atoms with Crippen molar-refractivity contribution in [2.45, 2.75) is 19.0 Å². The molecule has 0 bridgehead atoms. The highest BCUT2D eigenvalue weighted by Gasteiger charge is 2.31. The van der Waals surface area contributed by atoms with E-state index in [0.717, 1.165) is 74.9 Å². The van der Waals surface area contributed by atoms with Gasteiger partial charge in [0.05, 0.1) is 22.6 Å². The molecule has 0 saturated carbocycles. The minimum absolute atomic E-state index is 0.208. The smallest absolute Gasteiger partial charge is 0.159 e. The zero-order chi connectivity index (χ0) is 41.0. The summed E-state index contributed by atoms with van der Waals surface area (Å²) in [4.78, 5) is 12.6. The fraction of sp³-hybridized carbons (Fsp3) is 0.0526. The Hall–Kier alpha value is -8.02. The van der Waals surface area contributed by atoms with Gasteiger partial charge in [0.25, 0.3) is 0 Å². The van der Waals surface area contributed by atoms with Gasteiger partial charge in [0.15, 0.2) is 5.84 Å². The van der Waals surface area contributed by atoms with Crippen LogP contribution in [0.1, 0.15) is 24.0 Å². The SMILES string of the molecule is C1=CC(C2N=C(c3ccccc3)N=C(c3ccc4ccc(-c5cccc(N6c7ccccc7-c7c(n(-c8ccccc8)c8ccccc78)-c7ccccc76)c5)cc4c3)N2)=CCC1. The molecule has 1 aliphatic carbocycles. The molecule has 0 saturated heterocycles. The predicted octanol–water partition coefficient (Wildman–Crippen LogP) is 14.0. The number of allylic oxidation sites excluding steroid dienone is 2. The molecule has 0 amide bonds. The lowest BCUT2D eigenvalue weighted by Crippen LogP contribution is -2.40. The lowest BCUT2D eigenvalue weighted by molar-refractivity contribution is 0.721. The number of rotatable bonds is 6. The Balaban J connectivity index is 0.967. The van der Waals surface area contributed by atoms with E-state index in [-0.39, 0.29) is 6.17 Å². The molecule has 2 aliphatic heterocycles. The zero-order valence-corrected chi connectivity index (χ0v) is 34.0. The first kappa shape index (κ1) is 35.9. The van der Waals surface area contributed by atoms with Crippen LogP contribution in [0.5, 0.6) is 0 Å². The van der Waals surface area contributed by atoms with E-state index in [1.54, 1.807) is 0 Å². The van der Waals surface area contributed by atoms with Crippen LogP contribution in [0.15, 0.2) is 228 Å². The van der Waals surface area contributed by atoms with Gasteiger partial charge in [-0.3, -0.25) is 0 Å². The molecule has 1 N–H and O–H groups in total. The van der Waals surface area contributed by atoms with E-state index in [0.29, 0.717) is 0 Å². The van der Waals surface area contributed by atoms with Gasteiger partial charge in [-0.05, 0) is 94.9 Å². The van der Waals surface area contributed by atoms with Crippen LogP contribution in [-0.4, -0.2) is 22.4 Å². The van der Waals surface area contributed by atoms with Gasteiger partial charge in [0.1, 0.15) is 12.0 Å². The van der Waals surface area contributed by atoms with E-state index >= 15 is 0 Å². The molecular formula is C57H41N5. The first-order valence-corrected chi connectivity index (χ1v) is 21.4. The Kier molecular flexibility index (Phi) is 8.63. The fourth-order valence-corrected chi connectivity index (χ4v) is 9.49. The Morgan fingerprint density at radius 3 is 2.00 bits per heavy atom. The van der Waals surface area contributed by atoms with Crippen molar-refractivity contribution in [2.24, 2.45) is 9.98 Å². The van der Waals surface area contributed by atoms with Crippen LogP contribution >= 0.6 is 0 Å². The normalized spacial score (nSPS) is 15.5. The van der Waals surface area contributed by atoms with Gasteiger partial charge < -0.3 is 14.8 Å². The van der Waals surface area contributed by atoms with Crippen LogP contribution in [0.2, 0.25) is 0 Å². The summed E-state index contributed by atoms with van der Waals surface area (Å²) in [6.07, 6.45) is 8.59. The monoisotopic (exact) mass is 795 g/mol. The molecule has 12 rings (SSSR count). The van der Waals surface area contributed by atoms with Crippen molar-refractivity contribution in [3.8, 4) is 39.2 Å². The van der Waals surface area contributed by atoms with E-state index in [2.05, 4.69) is 209 Å². The average molecular weight is 796 g/mol. The van der Waals surface area contributed by atoms with Crippen molar-refractivity contribution in [2.75, 3.05) is 4.90 Å². The number of aliphatic imine (C=N–C) groups is 2. The summed E-state index contributed by atoms with van der Waals surface area (Å²) >= 11 is 0. The Labute approximate surface area is 361 Å². The quantitative estimate of drug-likeness (QED) is 0.182. The third-order valence-electron chi connectivity index (χ3n) is 12.4. The number of amidine groups is 2. The highest BCUT2D eigenvalue weighted by atomic mass is 15.2. The van der Waals surface area contributed by atoms with Gasteiger partial charge in [0, 0.05) is 44.6 Å². The van der Waals surface area contributed by atoms with Crippen LogP contribution in [0, 0.1) is 0 Å². The third kappa shape index (κ3) is 6.09. The van der Waals surface area contributed by atoms with Gasteiger partial charge >= 0.3 is 0 Å². The van der Waals surface area contributed by atoms with Crippen LogP contribution in [0.3, 0.4) is 0 Å². The first-order chi connectivity index (χ1) is 30.7. The second-order valence-electron chi connectivity index (χ2n) is 16.1. The van der Waals surface area contributed by atoms with Gasteiger partial charge in [0.2, 0.25) is 0 Å². The van der Waals surface area contributed by atoms with Gasteiger partial charge in [-0.15, -0.1) is 0 Å². The van der Waals surface area contributed by atoms with Crippen molar-refractivity contribution in [1.29, 1.82) is 0 Å². The molecule has 5 heteroatoms. The molecule has 9 aromatic rings. The number of aromatic nitrogens is 1. The summed E-state index contributed by atoms with van der Waals surface area (Å²) in [5.41, 5.74) is 16.0. The number of nitrogens with one attached hydrogen (secondary N) is 1. The number of para-hydroxylation sites is 4. The van der Waals surface area contributed by atoms with E-state index in [9.17, 15) is 0 Å². The summed E-state index contributed by atoms with van der Waals surface area (Å²) < 4.78 is 2.44. The van der Waals surface area contributed by atoms with E-state index in [1.165, 1.54) is 44.2 Å². The van der Waals surface area contributed by atoms with Crippen molar-refractivity contribution < 1.29 is 0 Å². The standard InChI is InChI=1S/C57H41N5/c1-4-17-39(18-5-1)55-58-56(40-19-6-2-7-20-40)60-57(59-55)43-34-32-38-31-33-42(35-44(38)36-43)41-21-16-24-46(37-41)61-50-28-13-10-25-47(50)53-48-26-11-14-29-51(48)62(45-22-8-3-9-23-45)54(53)49-27-12-15-30-52(49)61/h1,3-6,8-37,56H,2,7H2,(H,58,59,60). The average Bonchev–Trinajstić information content (AvgIpc) is 3.63. The number of anilines is 3. The van der Waals surface area contributed by atoms with Gasteiger partial charge in [-0.25, -0.2) is 9.98 Å². The topological polar surface area (TPSA) is 44.9 Å². The van der Waals surface area contributed by atoms with Crippen LogP contribution < -0.4 is 10.2 Å². The zero-order valence-electron chi connectivity index (χ0n) is 34.0. The van der Waals surface area contributed by atoms with Crippen molar-refractivity contribution in [3.63, 3.8) is 0 Å². The Morgan fingerprint density at radius 2 is 1.18 bits per heavy atom. The molecule has 5 nitrogen and oxygen atoms in total. The third-order valence-corrected chi connectivity index (χ3v) is 12.4. The molecule has 294 valence electrons. The molecule has 0 radical (unpaired) electrons. The molecule has 0 spiro atoms.